The molecule has 0 heterocycles. The van der Waals surface area contributed by atoms with E-state index in [9.17, 15) is 8.42 Å². The van der Waals surface area contributed by atoms with Gasteiger partial charge in [-0.05, 0) is 36.5 Å². The highest BCUT2D eigenvalue weighted by Gasteiger charge is 2.29. The normalized spacial score (nSPS) is 17.8. The Balaban J connectivity index is 2.27. The molecule has 1 aromatic carbocycles. The summed E-state index contributed by atoms with van der Waals surface area (Å²) in [5, 5.41) is -0.146. The number of rotatable bonds is 3. The fourth-order valence-electron chi connectivity index (χ4n) is 2.43. The Hall–Kier alpha value is -0.830. The largest absolute Gasteiger partial charge is 0.223 e. The standard InChI is InChI=1S/C14H20O2S/c1-11(2)12-7-9-14(10-8-12)17(15,16)13-5-3-4-6-13/h7-11,13H,3-6H2,1-2H3. The molecule has 1 fully saturated rings. The van der Waals surface area contributed by atoms with Crippen LogP contribution in [0.5, 0.6) is 0 Å². The highest BCUT2D eigenvalue weighted by molar-refractivity contribution is 7.92. The van der Waals surface area contributed by atoms with Gasteiger partial charge in [-0.2, -0.15) is 0 Å². The van der Waals surface area contributed by atoms with Crippen molar-refractivity contribution >= 4 is 9.84 Å². The van der Waals surface area contributed by atoms with E-state index < -0.39 is 9.84 Å². The Morgan fingerprint density at radius 3 is 2.06 bits per heavy atom. The molecule has 0 amide bonds. The molecule has 0 unspecified atom stereocenters. The Bertz CT molecular complexity index is 465. The Morgan fingerprint density at radius 1 is 1.06 bits per heavy atom. The van der Waals surface area contributed by atoms with Crippen LogP contribution in [0.25, 0.3) is 0 Å². The molecule has 0 bridgehead atoms. The number of hydrogen-bond acceptors (Lipinski definition) is 2. The van der Waals surface area contributed by atoms with Crippen molar-refractivity contribution in [1.82, 2.24) is 0 Å². The molecule has 1 aromatic rings. The lowest BCUT2D eigenvalue weighted by molar-refractivity contribution is 0.579. The Kier molecular flexibility index (Phi) is 3.57. The summed E-state index contributed by atoms with van der Waals surface area (Å²) < 4.78 is 24.6. The van der Waals surface area contributed by atoms with E-state index in [2.05, 4.69) is 13.8 Å². The van der Waals surface area contributed by atoms with Gasteiger partial charge in [0.25, 0.3) is 0 Å². The molecule has 0 radical (unpaired) electrons. The summed E-state index contributed by atoms with van der Waals surface area (Å²) in [5.41, 5.74) is 1.19. The molecule has 2 rings (SSSR count). The summed E-state index contributed by atoms with van der Waals surface area (Å²) in [6.07, 6.45) is 3.75. The molecule has 94 valence electrons. The van der Waals surface area contributed by atoms with Gasteiger partial charge in [0, 0.05) is 0 Å². The van der Waals surface area contributed by atoms with Gasteiger partial charge in [-0.1, -0.05) is 38.8 Å². The topological polar surface area (TPSA) is 34.1 Å². The molecular weight excluding hydrogens is 232 g/mol. The van der Waals surface area contributed by atoms with E-state index in [1.54, 1.807) is 12.1 Å². The van der Waals surface area contributed by atoms with Crippen molar-refractivity contribution in [2.75, 3.05) is 0 Å². The minimum atomic E-state index is -3.08. The Labute approximate surface area is 104 Å². The maximum absolute atomic E-state index is 12.3. The van der Waals surface area contributed by atoms with Crippen molar-refractivity contribution in [3.8, 4) is 0 Å². The summed E-state index contributed by atoms with van der Waals surface area (Å²) in [5.74, 6) is 0.443. The fraction of sp³-hybridized carbons (Fsp3) is 0.571. The lowest BCUT2D eigenvalue weighted by atomic mass is 10.0. The summed E-state index contributed by atoms with van der Waals surface area (Å²) in [6.45, 7) is 4.22. The van der Waals surface area contributed by atoms with Gasteiger partial charge in [0.2, 0.25) is 0 Å². The molecule has 0 spiro atoms. The third kappa shape index (κ3) is 2.54. The Morgan fingerprint density at radius 2 is 1.59 bits per heavy atom. The molecule has 3 heteroatoms. The second-order valence-electron chi connectivity index (χ2n) is 5.18. The van der Waals surface area contributed by atoms with Crippen LogP contribution in [0.15, 0.2) is 29.2 Å². The number of sulfone groups is 1. The zero-order chi connectivity index (χ0) is 12.5. The van der Waals surface area contributed by atoms with Gasteiger partial charge < -0.3 is 0 Å². The van der Waals surface area contributed by atoms with E-state index in [0.717, 1.165) is 25.7 Å². The zero-order valence-corrected chi connectivity index (χ0v) is 11.3. The predicted molar refractivity (Wildman–Crippen MR) is 70.0 cm³/mol. The number of hydrogen-bond donors (Lipinski definition) is 0. The molecule has 17 heavy (non-hydrogen) atoms. The highest BCUT2D eigenvalue weighted by Crippen LogP contribution is 2.30. The summed E-state index contributed by atoms with van der Waals surface area (Å²) >= 11 is 0. The average Bonchev–Trinajstić information content (AvgIpc) is 2.83. The molecule has 0 aliphatic heterocycles. The van der Waals surface area contributed by atoms with Crippen molar-refractivity contribution in [3.63, 3.8) is 0 Å². The van der Waals surface area contributed by atoms with Crippen LogP contribution in [-0.4, -0.2) is 13.7 Å². The van der Waals surface area contributed by atoms with E-state index in [4.69, 9.17) is 0 Å². The van der Waals surface area contributed by atoms with Crippen LogP contribution in [0, 0.1) is 0 Å². The molecule has 0 aromatic heterocycles. The van der Waals surface area contributed by atoms with Gasteiger partial charge in [-0.15, -0.1) is 0 Å². The van der Waals surface area contributed by atoms with Crippen molar-refractivity contribution in [3.05, 3.63) is 29.8 Å². The van der Waals surface area contributed by atoms with Crippen molar-refractivity contribution in [2.24, 2.45) is 0 Å². The van der Waals surface area contributed by atoms with E-state index in [-0.39, 0.29) is 5.25 Å². The van der Waals surface area contributed by atoms with Crippen LogP contribution in [0.2, 0.25) is 0 Å². The second kappa shape index (κ2) is 4.81. The lowest BCUT2D eigenvalue weighted by Gasteiger charge is -2.12. The van der Waals surface area contributed by atoms with Crippen molar-refractivity contribution in [1.29, 1.82) is 0 Å². The average molecular weight is 252 g/mol. The van der Waals surface area contributed by atoms with Crippen molar-refractivity contribution in [2.45, 2.75) is 55.6 Å². The summed E-state index contributed by atoms with van der Waals surface area (Å²) in [7, 11) is -3.08. The van der Waals surface area contributed by atoms with Crippen LogP contribution in [0.1, 0.15) is 51.0 Å². The first-order chi connectivity index (χ1) is 8.01. The van der Waals surface area contributed by atoms with Gasteiger partial charge in [-0.3, -0.25) is 0 Å². The van der Waals surface area contributed by atoms with Crippen LogP contribution in [0.4, 0.5) is 0 Å². The quantitative estimate of drug-likeness (QED) is 0.824. The van der Waals surface area contributed by atoms with Gasteiger partial charge in [0.05, 0.1) is 10.1 Å². The molecule has 1 aliphatic rings. The van der Waals surface area contributed by atoms with Gasteiger partial charge in [0.15, 0.2) is 9.84 Å². The van der Waals surface area contributed by atoms with Crippen molar-refractivity contribution < 1.29 is 8.42 Å². The van der Waals surface area contributed by atoms with Crippen LogP contribution in [-0.2, 0) is 9.84 Å². The number of benzene rings is 1. The van der Waals surface area contributed by atoms with Gasteiger partial charge in [-0.25, -0.2) is 8.42 Å². The first kappa shape index (κ1) is 12.6. The smallest absolute Gasteiger partial charge is 0.181 e. The molecule has 0 N–H and O–H groups in total. The third-order valence-electron chi connectivity index (χ3n) is 3.62. The lowest BCUT2D eigenvalue weighted by Crippen LogP contribution is -2.17. The maximum atomic E-state index is 12.3. The van der Waals surface area contributed by atoms with E-state index in [0.29, 0.717) is 10.8 Å². The molecule has 0 atom stereocenters. The first-order valence-corrected chi connectivity index (χ1v) is 7.90. The second-order valence-corrected chi connectivity index (χ2v) is 7.40. The molecule has 0 saturated heterocycles. The predicted octanol–water partition coefficient (Wildman–Crippen LogP) is 3.53. The minimum Gasteiger partial charge on any atom is -0.223 e. The third-order valence-corrected chi connectivity index (χ3v) is 5.89. The summed E-state index contributed by atoms with van der Waals surface area (Å²) in [4.78, 5) is 0.494. The van der Waals surface area contributed by atoms with Crippen LogP contribution < -0.4 is 0 Å². The molecule has 1 saturated carbocycles. The van der Waals surface area contributed by atoms with Crippen LogP contribution in [0.3, 0.4) is 0 Å². The van der Waals surface area contributed by atoms with E-state index in [1.165, 1.54) is 5.56 Å². The van der Waals surface area contributed by atoms with E-state index >= 15 is 0 Å². The summed E-state index contributed by atoms with van der Waals surface area (Å²) in [6, 6.07) is 7.41. The first-order valence-electron chi connectivity index (χ1n) is 6.35. The van der Waals surface area contributed by atoms with Gasteiger partial charge >= 0.3 is 0 Å². The minimum absolute atomic E-state index is 0.146. The molecular formula is C14H20O2S. The molecule has 1 aliphatic carbocycles. The zero-order valence-electron chi connectivity index (χ0n) is 10.5. The highest BCUT2D eigenvalue weighted by atomic mass is 32.2. The molecule has 2 nitrogen and oxygen atoms in total. The van der Waals surface area contributed by atoms with Crippen LogP contribution >= 0.6 is 0 Å². The van der Waals surface area contributed by atoms with E-state index in [1.807, 2.05) is 12.1 Å². The van der Waals surface area contributed by atoms with Gasteiger partial charge in [0.1, 0.15) is 0 Å². The maximum Gasteiger partial charge on any atom is 0.181 e. The fourth-order valence-corrected chi connectivity index (χ4v) is 4.29. The monoisotopic (exact) mass is 252 g/mol. The SMILES string of the molecule is CC(C)c1ccc(S(=O)(=O)C2CCCC2)cc1.